The Bertz CT molecular complexity index is 484. The lowest BCUT2D eigenvalue weighted by molar-refractivity contribution is 0.559. The smallest absolute Gasteiger partial charge is 0.231 e. The fourth-order valence-corrected chi connectivity index (χ4v) is 3.54. The zero-order valence-corrected chi connectivity index (χ0v) is 19.8. The van der Waals surface area contributed by atoms with Crippen LogP contribution in [0, 0.1) is 0 Å². The maximum atomic E-state index is 4.71. The van der Waals surface area contributed by atoms with Gasteiger partial charge in [0.15, 0.2) is 0 Å². The van der Waals surface area contributed by atoms with E-state index < -0.39 is 0 Å². The molecule has 6 heteroatoms. The van der Waals surface area contributed by atoms with Crippen LogP contribution >= 0.6 is 0 Å². The predicted molar refractivity (Wildman–Crippen MR) is 127 cm³/mol. The van der Waals surface area contributed by atoms with Gasteiger partial charge >= 0.3 is 0 Å². The maximum absolute atomic E-state index is 4.71. The minimum atomic E-state index is 0.708. The van der Waals surface area contributed by atoms with Gasteiger partial charge in [0, 0.05) is 32.7 Å². The molecule has 0 aromatic carbocycles. The van der Waals surface area contributed by atoms with Crippen molar-refractivity contribution in [2.24, 2.45) is 0 Å². The molecule has 1 aromatic rings. The predicted octanol–water partition coefficient (Wildman–Crippen LogP) is 5.90. The topological polar surface area (TPSA) is 57.2 Å². The highest BCUT2D eigenvalue weighted by Gasteiger charge is 2.14. The van der Waals surface area contributed by atoms with Crippen molar-refractivity contribution in [1.29, 1.82) is 0 Å². The zero-order valence-electron chi connectivity index (χ0n) is 19.8. The zero-order chi connectivity index (χ0) is 21.3. The van der Waals surface area contributed by atoms with E-state index in [-0.39, 0.29) is 0 Å². The van der Waals surface area contributed by atoms with Gasteiger partial charge < -0.3 is 15.1 Å². The number of unbranched alkanes of at least 4 members (excludes halogenated alkanes) is 9. The first-order chi connectivity index (χ1) is 14.2. The fourth-order valence-electron chi connectivity index (χ4n) is 3.54. The van der Waals surface area contributed by atoms with Gasteiger partial charge in [-0.05, 0) is 34.1 Å². The minimum absolute atomic E-state index is 0.708. The molecule has 0 unspecified atom stereocenters. The average molecular weight is 407 g/mol. The summed E-state index contributed by atoms with van der Waals surface area (Å²) in [6, 6.07) is 0. The van der Waals surface area contributed by atoms with Gasteiger partial charge in [-0.15, -0.1) is 0 Å². The molecule has 0 spiro atoms. The average Bonchev–Trinajstić information content (AvgIpc) is 2.74. The first-order valence-electron chi connectivity index (χ1n) is 12.2. The number of nitrogens with one attached hydrogen (secondary N) is 1. The molecule has 0 saturated carbocycles. The highest BCUT2D eigenvalue weighted by atomic mass is 15.4. The van der Waals surface area contributed by atoms with Crippen molar-refractivity contribution in [2.75, 3.05) is 47.8 Å². The largest absolute Gasteiger partial charge is 0.354 e. The Balaban J connectivity index is 2.44. The van der Waals surface area contributed by atoms with E-state index in [0.29, 0.717) is 5.95 Å². The molecule has 0 bridgehead atoms. The van der Waals surface area contributed by atoms with Gasteiger partial charge in [0.2, 0.25) is 17.8 Å². The monoisotopic (exact) mass is 406 g/mol. The van der Waals surface area contributed by atoms with Crippen LogP contribution in [-0.2, 0) is 0 Å². The second kappa shape index (κ2) is 16.2. The van der Waals surface area contributed by atoms with Crippen molar-refractivity contribution in [3.8, 4) is 0 Å². The molecular formula is C23H46N6. The number of aromatic nitrogens is 3. The van der Waals surface area contributed by atoms with Crippen LogP contribution in [0.15, 0.2) is 0 Å². The molecule has 6 nitrogen and oxygen atoms in total. The minimum Gasteiger partial charge on any atom is -0.354 e. The molecule has 0 aliphatic rings. The molecule has 0 atom stereocenters. The fraction of sp³-hybridized carbons (Fsp3) is 0.870. The van der Waals surface area contributed by atoms with Crippen molar-refractivity contribution in [3.63, 3.8) is 0 Å². The molecule has 29 heavy (non-hydrogen) atoms. The molecule has 0 aliphatic carbocycles. The molecule has 168 valence electrons. The van der Waals surface area contributed by atoms with E-state index in [9.17, 15) is 0 Å². The molecule has 0 aliphatic heterocycles. The first-order valence-corrected chi connectivity index (χ1v) is 12.2. The molecule has 1 rings (SSSR count). The van der Waals surface area contributed by atoms with Crippen LogP contribution in [0.25, 0.3) is 0 Å². The Morgan fingerprint density at radius 1 is 0.552 bits per heavy atom. The summed E-state index contributed by atoms with van der Waals surface area (Å²) >= 11 is 0. The van der Waals surface area contributed by atoms with Crippen LogP contribution in [0.2, 0.25) is 0 Å². The van der Waals surface area contributed by atoms with Gasteiger partial charge in [0.05, 0.1) is 0 Å². The summed E-state index contributed by atoms with van der Waals surface area (Å²) < 4.78 is 0. The molecular weight excluding hydrogens is 360 g/mol. The summed E-state index contributed by atoms with van der Waals surface area (Å²) in [6.07, 6.45) is 13.5. The summed E-state index contributed by atoms with van der Waals surface area (Å²) in [7, 11) is 0. The van der Waals surface area contributed by atoms with Gasteiger partial charge in [0.25, 0.3) is 0 Å². The maximum Gasteiger partial charge on any atom is 0.231 e. The Kier molecular flexibility index (Phi) is 14.2. The van der Waals surface area contributed by atoms with E-state index in [1.807, 2.05) is 0 Å². The molecule has 0 fully saturated rings. The van der Waals surface area contributed by atoms with Crippen molar-refractivity contribution in [3.05, 3.63) is 0 Å². The van der Waals surface area contributed by atoms with Crippen LogP contribution in [0.4, 0.5) is 17.8 Å². The van der Waals surface area contributed by atoms with E-state index in [0.717, 1.165) is 44.6 Å². The standard InChI is InChI=1S/C23H46N6/c1-6-11-12-13-14-15-16-17-18-19-20-24-21-25-22(28(7-2)8-3)27-23(26-21)29(9-4)10-5/h6-20H2,1-5H3,(H,24,25,26,27). The summed E-state index contributed by atoms with van der Waals surface area (Å²) in [5, 5.41) is 3.44. The van der Waals surface area contributed by atoms with Crippen molar-refractivity contribution < 1.29 is 0 Å². The lowest BCUT2D eigenvalue weighted by atomic mass is 10.1. The van der Waals surface area contributed by atoms with Crippen LogP contribution in [0.5, 0.6) is 0 Å². The highest BCUT2D eigenvalue weighted by molar-refractivity contribution is 5.45. The number of rotatable bonds is 18. The van der Waals surface area contributed by atoms with Crippen molar-refractivity contribution in [2.45, 2.75) is 98.8 Å². The molecule has 1 N–H and O–H groups in total. The summed E-state index contributed by atoms with van der Waals surface area (Å²) in [4.78, 5) is 18.4. The molecule has 0 radical (unpaired) electrons. The number of anilines is 3. The Hall–Kier alpha value is -1.59. The van der Waals surface area contributed by atoms with E-state index >= 15 is 0 Å². The Morgan fingerprint density at radius 2 is 0.966 bits per heavy atom. The van der Waals surface area contributed by atoms with Gasteiger partial charge in [-0.1, -0.05) is 64.7 Å². The van der Waals surface area contributed by atoms with Crippen LogP contribution in [0.1, 0.15) is 98.8 Å². The van der Waals surface area contributed by atoms with E-state index in [1.54, 1.807) is 0 Å². The number of nitrogens with zero attached hydrogens (tertiary/aromatic N) is 5. The van der Waals surface area contributed by atoms with Gasteiger partial charge in [-0.3, -0.25) is 0 Å². The molecule has 0 amide bonds. The van der Waals surface area contributed by atoms with Crippen LogP contribution in [0.3, 0.4) is 0 Å². The second-order valence-corrected chi connectivity index (χ2v) is 7.71. The third-order valence-electron chi connectivity index (χ3n) is 5.52. The Labute approximate surface area is 179 Å². The SMILES string of the molecule is CCCCCCCCCCCCNc1nc(N(CC)CC)nc(N(CC)CC)n1. The van der Waals surface area contributed by atoms with Crippen molar-refractivity contribution in [1.82, 2.24) is 15.0 Å². The summed E-state index contributed by atoms with van der Waals surface area (Å²) in [5.41, 5.74) is 0. The van der Waals surface area contributed by atoms with Gasteiger partial charge in [0.1, 0.15) is 0 Å². The van der Waals surface area contributed by atoms with Crippen molar-refractivity contribution >= 4 is 17.8 Å². The number of hydrogen-bond donors (Lipinski definition) is 1. The number of hydrogen-bond acceptors (Lipinski definition) is 6. The normalized spacial score (nSPS) is 10.9. The lowest BCUT2D eigenvalue weighted by Gasteiger charge is -2.23. The third-order valence-corrected chi connectivity index (χ3v) is 5.52. The van der Waals surface area contributed by atoms with Crippen LogP contribution < -0.4 is 15.1 Å². The summed E-state index contributed by atoms with van der Waals surface area (Å²) in [6.45, 7) is 15.4. The Morgan fingerprint density at radius 3 is 1.38 bits per heavy atom. The van der Waals surface area contributed by atoms with Crippen LogP contribution in [-0.4, -0.2) is 47.7 Å². The molecule has 0 saturated heterocycles. The third kappa shape index (κ3) is 10.1. The second-order valence-electron chi connectivity index (χ2n) is 7.71. The summed E-state index contributed by atoms with van der Waals surface area (Å²) in [5.74, 6) is 2.26. The van der Waals surface area contributed by atoms with Gasteiger partial charge in [-0.2, -0.15) is 15.0 Å². The molecule has 1 heterocycles. The molecule has 1 aromatic heterocycles. The van der Waals surface area contributed by atoms with Gasteiger partial charge in [-0.25, -0.2) is 0 Å². The van der Waals surface area contributed by atoms with E-state index in [1.165, 1.54) is 64.2 Å². The lowest BCUT2D eigenvalue weighted by Crippen LogP contribution is -2.29. The first kappa shape index (κ1) is 25.4. The highest BCUT2D eigenvalue weighted by Crippen LogP contribution is 2.17. The quantitative estimate of drug-likeness (QED) is 0.306. The van der Waals surface area contributed by atoms with E-state index in [2.05, 4.69) is 59.7 Å². The van der Waals surface area contributed by atoms with E-state index in [4.69, 9.17) is 4.98 Å².